The number of hydrogen-bond acceptors (Lipinski definition) is 7. The summed E-state index contributed by atoms with van der Waals surface area (Å²) in [5, 5.41) is 24.6. The lowest BCUT2D eigenvalue weighted by Crippen LogP contribution is -2.51. The summed E-state index contributed by atoms with van der Waals surface area (Å²) < 4.78 is 23.2. The molecule has 0 fully saturated rings. The van der Waals surface area contributed by atoms with Crippen LogP contribution in [0.25, 0.3) is 0 Å². The number of carbonyl (C=O) groups excluding carboxylic acids is 1. The first-order valence-corrected chi connectivity index (χ1v) is 29.6. The number of phosphoric ester groups is 1. The molecule has 10 heteroatoms. The van der Waals surface area contributed by atoms with Gasteiger partial charge in [-0.2, -0.15) is 0 Å². The number of likely N-dealkylation sites (N-methyl/N-ethyl adjacent to an activating group) is 1. The Hall–Kier alpha value is -4.44. The second-order valence-corrected chi connectivity index (χ2v) is 20.7. The zero-order valence-electron chi connectivity index (χ0n) is 47.3. The molecule has 0 aromatic heterocycles. The van der Waals surface area contributed by atoms with E-state index in [1.165, 1.54) is 0 Å². The molecule has 1 amide bonds. The Labute approximate surface area is 458 Å². The number of allylic oxidation sites excluding steroid dienone is 30. The van der Waals surface area contributed by atoms with Crippen LogP contribution in [0.1, 0.15) is 162 Å². The summed E-state index contributed by atoms with van der Waals surface area (Å²) >= 11 is 0. The first-order valence-electron chi connectivity index (χ1n) is 28.2. The Morgan fingerprint density at radius 3 is 1.24 bits per heavy atom. The van der Waals surface area contributed by atoms with Crippen molar-refractivity contribution in [1.82, 2.24) is 5.32 Å². The van der Waals surface area contributed by atoms with Gasteiger partial charge in [-0.1, -0.05) is 189 Å². The van der Waals surface area contributed by atoms with E-state index in [1.54, 1.807) is 0 Å². The van der Waals surface area contributed by atoms with Crippen LogP contribution in [0.3, 0.4) is 0 Å². The summed E-state index contributed by atoms with van der Waals surface area (Å²) in [4.78, 5) is 25.5. The molecule has 0 heterocycles. The number of carbonyl (C=O) groups is 1. The molecule has 9 nitrogen and oxygen atoms in total. The lowest BCUT2D eigenvalue weighted by atomic mass is 10.0. The van der Waals surface area contributed by atoms with Gasteiger partial charge in [-0.3, -0.25) is 9.36 Å². The molecule has 0 saturated heterocycles. The van der Waals surface area contributed by atoms with Crippen LogP contribution in [0, 0.1) is 0 Å². The van der Waals surface area contributed by atoms with Gasteiger partial charge in [-0.05, 0) is 148 Å². The number of quaternary nitrogens is 1. The maximum absolute atomic E-state index is 12.9. The normalized spacial score (nSPS) is 15.7. The zero-order valence-corrected chi connectivity index (χ0v) is 48.2. The average molecular weight is 1060 g/mol. The number of aliphatic hydroxyl groups is 2. The van der Waals surface area contributed by atoms with E-state index in [4.69, 9.17) is 9.05 Å². The van der Waals surface area contributed by atoms with Gasteiger partial charge in [0, 0.05) is 6.42 Å². The van der Waals surface area contributed by atoms with Crippen molar-refractivity contribution in [3.63, 3.8) is 0 Å². The van der Waals surface area contributed by atoms with Crippen LogP contribution >= 0.6 is 7.82 Å². The molecule has 0 rings (SSSR count). The summed E-state index contributed by atoms with van der Waals surface area (Å²) in [6, 6.07) is -1.14. The van der Waals surface area contributed by atoms with Crippen LogP contribution in [0.15, 0.2) is 182 Å². The van der Waals surface area contributed by atoms with Gasteiger partial charge >= 0.3 is 0 Å². The number of nitrogens with one attached hydrogen (secondary N) is 1. The minimum Gasteiger partial charge on any atom is -0.756 e. The third-order valence-corrected chi connectivity index (χ3v) is 12.2. The Morgan fingerprint density at radius 2 is 0.853 bits per heavy atom. The minimum absolute atomic E-state index is 0.0697. The molecule has 75 heavy (non-hydrogen) atoms. The second-order valence-electron chi connectivity index (χ2n) is 19.3. The Bertz CT molecular complexity index is 1890. The highest BCUT2D eigenvalue weighted by molar-refractivity contribution is 7.45. The van der Waals surface area contributed by atoms with E-state index in [2.05, 4.69) is 195 Å². The molecule has 3 N–H and O–H groups in total. The molecule has 0 aliphatic heterocycles. The monoisotopic (exact) mass is 1050 g/mol. The summed E-state index contributed by atoms with van der Waals surface area (Å²) in [6.07, 6.45) is 82.7. The van der Waals surface area contributed by atoms with Gasteiger partial charge in [0.2, 0.25) is 5.91 Å². The van der Waals surface area contributed by atoms with E-state index in [9.17, 15) is 24.5 Å². The van der Waals surface area contributed by atoms with Gasteiger partial charge in [0.15, 0.2) is 0 Å². The molecule has 0 aliphatic carbocycles. The molecule has 0 saturated carbocycles. The van der Waals surface area contributed by atoms with Crippen LogP contribution in [-0.2, 0) is 18.4 Å². The number of aliphatic hydroxyl groups excluding tert-OH is 2. The molecule has 4 atom stereocenters. The van der Waals surface area contributed by atoms with E-state index in [0.29, 0.717) is 23.9 Å². The summed E-state index contributed by atoms with van der Waals surface area (Å²) in [7, 11) is 1.03. The summed E-state index contributed by atoms with van der Waals surface area (Å²) in [6.45, 7) is 4.00. The van der Waals surface area contributed by atoms with E-state index < -0.39 is 32.7 Å². The zero-order chi connectivity index (χ0) is 55.0. The highest BCUT2D eigenvalue weighted by Gasteiger charge is 2.29. The topological polar surface area (TPSA) is 128 Å². The first-order chi connectivity index (χ1) is 36.4. The molecule has 0 aromatic rings. The van der Waals surface area contributed by atoms with Gasteiger partial charge in [0.1, 0.15) is 19.3 Å². The van der Waals surface area contributed by atoms with Crippen molar-refractivity contribution < 1.29 is 38.0 Å². The number of nitrogens with zero attached hydrogens (tertiary/aromatic N) is 1. The smallest absolute Gasteiger partial charge is 0.268 e. The maximum atomic E-state index is 12.9. The first kappa shape index (κ1) is 70.6. The standard InChI is InChI=1S/C65H103N2O7P/c1-6-8-10-12-14-16-18-20-21-22-23-24-25-26-27-28-29-30-31-32-33-34-35-36-37-38-39-40-41-42-43-44-45-46-48-50-52-54-56-58-64(69)66-62(61-74-75(71,72)73-60-59-67(3,4)5)65(70)63(68)57-55-53-51-49-47-19-17-15-13-11-9-7-2/h7-10,14-17,20-21,23-24,26-27,29-30,32-33,35-36,38-39,41-42,44-45,48-51,62-63,65,68,70H,6,11-13,18-19,22,25,28,31,34,37,40,43,46-47,52-61H2,1-5H3,(H-,66,69,71,72)/b9-7+,10-8-,16-14-,17-15+,21-20-,24-23-,27-26-,30-29-,33-32-,36-35-,39-38-,42-41-,45-44-,50-48-,51-49+. The Morgan fingerprint density at radius 1 is 0.507 bits per heavy atom. The van der Waals surface area contributed by atoms with Crippen LogP contribution in [0.2, 0.25) is 0 Å². The lowest BCUT2D eigenvalue weighted by molar-refractivity contribution is -0.870. The third kappa shape index (κ3) is 54.2. The second kappa shape index (κ2) is 53.0. The molecular weight excluding hydrogens is 952 g/mol. The van der Waals surface area contributed by atoms with Gasteiger partial charge in [0.05, 0.1) is 39.9 Å². The molecule has 0 aromatic carbocycles. The Balaban J connectivity index is 4.35. The highest BCUT2D eigenvalue weighted by atomic mass is 31.2. The van der Waals surface area contributed by atoms with E-state index >= 15 is 0 Å². The predicted octanol–water partition coefficient (Wildman–Crippen LogP) is 15.8. The molecule has 0 radical (unpaired) electrons. The van der Waals surface area contributed by atoms with Crippen molar-refractivity contribution in [3.05, 3.63) is 182 Å². The van der Waals surface area contributed by atoms with Crippen molar-refractivity contribution in [3.8, 4) is 0 Å². The SMILES string of the molecule is C/C=C/CC/C=C/CC/C=C/CCCC(O)C(O)C(COP(=O)([O-])OCC[N+](C)(C)C)NC(=O)CCCC/C=C\C/C=C\C/C=C\C/C=C\C/C=C\C/C=C\C/C=C\C/C=C\C/C=C\C/C=C\C/C=C\C/C=C\CC. The molecule has 0 spiro atoms. The third-order valence-electron chi connectivity index (χ3n) is 11.3. The fourth-order valence-electron chi connectivity index (χ4n) is 6.86. The largest absolute Gasteiger partial charge is 0.756 e. The number of hydrogen-bond donors (Lipinski definition) is 3. The van der Waals surface area contributed by atoms with E-state index in [-0.39, 0.29) is 25.4 Å². The van der Waals surface area contributed by atoms with Crippen LogP contribution < -0.4 is 10.2 Å². The fourth-order valence-corrected chi connectivity index (χ4v) is 7.58. The van der Waals surface area contributed by atoms with E-state index in [1.807, 2.05) is 28.1 Å². The van der Waals surface area contributed by atoms with Gasteiger partial charge < -0.3 is 34.0 Å². The Kier molecular flexibility index (Phi) is 49.8. The number of phosphoric acid groups is 1. The molecule has 4 unspecified atom stereocenters. The van der Waals surface area contributed by atoms with Crippen molar-refractivity contribution >= 4 is 13.7 Å². The molecule has 420 valence electrons. The van der Waals surface area contributed by atoms with Crippen molar-refractivity contribution in [2.45, 2.75) is 180 Å². The highest BCUT2D eigenvalue weighted by Crippen LogP contribution is 2.38. The van der Waals surface area contributed by atoms with Crippen LogP contribution in [0.4, 0.5) is 0 Å². The van der Waals surface area contributed by atoms with Gasteiger partial charge in [0.25, 0.3) is 7.82 Å². The molecule has 0 aliphatic rings. The van der Waals surface area contributed by atoms with Crippen molar-refractivity contribution in [1.29, 1.82) is 0 Å². The number of unbranched alkanes of at least 4 members (excludes halogenated alkanes) is 5. The van der Waals surface area contributed by atoms with Gasteiger partial charge in [-0.15, -0.1) is 0 Å². The van der Waals surface area contributed by atoms with Crippen molar-refractivity contribution in [2.24, 2.45) is 0 Å². The molecular formula is C65H103N2O7P. The summed E-state index contributed by atoms with van der Waals surface area (Å²) in [5.41, 5.74) is 0. The van der Waals surface area contributed by atoms with E-state index in [0.717, 1.165) is 122 Å². The van der Waals surface area contributed by atoms with Crippen LogP contribution in [-0.4, -0.2) is 79.8 Å². The quantitative estimate of drug-likeness (QED) is 0.0240. The average Bonchev–Trinajstić information content (AvgIpc) is 3.37. The van der Waals surface area contributed by atoms with Gasteiger partial charge in [-0.25, -0.2) is 0 Å². The number of amides is 1. The van der Waals surface area contributed by atoms with Crippen LogP contribution in [0.5, 0.6) is 0 Å². The predicted molar refractivity (Wildman–Crippen MR) is 321 cm³/mol. The summed E-state index contributed by atoms with van der Waals surface area (Å²) in [5.74, 6) is -0.347. The number of rotatable bonds is 48. The minimum atomic E-state index is -4.71. The lowest BCUT2D eigenvalue weighted by Gasteiger charge is -2.31. The van der Waals surface area contributed by atoms with Crippen molar-refractivity contribution in [2.75, 3.05) is 40.9 Å². The molecule has 0 bridgehead atoms. The maximum Gasteiger partial charge on any atom is 0.268 e. The fraction of sp³-hybridized carbons (Fsp3) is 0.523.